The number of nitrogens with one attached hydrogen (secondary N) is 2. The van der Waals surface area contributed by atoms with Gasteiger partial charge in [0.25, 0.3) is 5.91 Å². The molecule has 1 fully saturated rings. The van der Waals surface area contributed by atoms with E-state index in [4.69, 9.17) is 0 Å². The van der Waals surface area contributed by atoms with Gasteiger partial charge in [0, 0.05) is 18.3 Å². The minimum atomic E-state index is -1.00. The van der Waals surface area contributed by atoms with Gasteiger partial charge in [0.2, 0.25) is 11.8 Å². The number of hydrogen-bond donors (Lipinski definition) is 2. The molecule has 0 spiro atoms. The minimum absolute atomic E-state index is 0.198. The van der Waals surface area contributed by atoms with E-state index in [1.54, 1.807) is 11.8 Å². The predicted octanol–water partition coefficient (Wildman–Crippen LogP) is 3.80. The number of nitrogens with zero attached hydrogens (tertiary/aromatic N) is 1. The van der Waals surface area contributed by atoms with Crippen LogP contribution >= 0.6 is 0 Å². The summed E-state index contributed by atoms with van der Waals surface area (Å²) in [5.74, 6) is -0.776. The van der Waals surface area contributed by atoms with Gasteiger partial charge < -0.3 is 10.6 Å². The van der Waals surface area contributed by atoms with Crippen LogP contribution in [0.5, 0.6) is 0 Å². The number of hydrogen-bond acceptors (Lipinski definition) is 3. The van der Waals surface area contributed by atoms with Crippen LogP contribution in [0.4, 0.5) is 11.4 Å². The van der Waals surface area contributed by atoms with Crippen LogP contribution in [0.15, 0.2) is 54.6 Å². The monoisotopic (exact) mass is 407 g/mol. The zero-order valence-electron chi connectivity index (χ0n) is 17.8. The number of carbonyl (C=O) groups is 3. The molecule has 0 aliphatic heterocycles. The summed E-state index contributed by atoms with van der Waals surface area (Å²) in [6.07, 6.45) is 2.84. The standard InChI is InChI=1S/C24H29N3O3/c1-17-11-13-20(14-12-17)26-23(30)24(15-7-8-16-24)27(21-9-5-4-6-10-21)22(29)18(2)25-19(3)28/h4-6,9-14,18H,7-8,15-16H2,1-3H3,(H,25,28)(H,26,30). The van der Waals surface area contributed by atoms with Gasteiger partial charge in [0.1, 0.15) is 11.6 Å². The van der Waals surface area contributed by atoms with E-state index in [1.165, 1.54) is 6.92 Å². The number of aryl methyl sites for hydroxylation is 1. The molecular formula is C24H29N3O3. The molecule has 3 amide bonds. The third kappa shape index (κ3) is 4.53. The Labute approximate surface area is 177 Å². The van der Waals surface area contributed by atoms with Crippen LogP contribution in [0.1, 0.15) is 45.1 Å². The summed E-state index contributed by atoms with van der Waals surface area (Å²) in [5.41, 5.74) is 1.46. The SMILES string of the molecule is CC(=O)NC(C)C(=O)N(c1ccccc1)C1(C(=O)Nc2ccc(C)cc2)CCCC1. The Bertz CT molecular complexity index is 903. The average molecular weight is 408 g/mol. The van der Waals surface area contributed by atoms with Crippen LogP contribution in [0.3, 0.4) is 0 Å². The molecule has 1 saturated carbocycles. The third-order valence-corrected chi connectivity index (χ3v) is 5.62. The van der Waals surface area contributed by atoms with Crippen molar-refractivity contribution in [3.05, 3.63) is 60.2 Å². The Morgan fingerprint density at radius 1 is 0.967 bits per heavy atom. The smallest absolute Gasteiger partial charge is 0.250 e. The number of amides is 3. The van der Waals surface area contributed by atoms with Gasteiger partial charge in [0.05, 0.1) is 0 Å². The van der Waals surface area contributed by atoms with E-state index in [1.807, 2.05) is 61.5 Å². The van der Waals surface area contributed by atoms with Crippen LogP contribution < -0.4 is 15.5 Å². The van der Waals surface area contributed by atoms with Gasteiger partial charge in [-0.25, -0.2) is 0 Å². The fourth-order valence-electron chi connectivity index (χ4n) is 4.12. The van der Waals surface area contributed by atoms with Crippen LogP contribution in [0.2, 0.25) is 0 Å². The number of anilines is 2. The molecule has 0 bridgehead atoms. The maximum absolute atomic E-state index is 13.6. The molecule has 158 valence electrons. The first-order valence-corrected chi connectivity index (χ1v) is 10.4. The summed E-state index contributed by atoms with van der Waals surface area (Å²) < 4.78 is 0. The molecule has 1 unspecified atom stereocenters. The second-order valence-electron chi connectivity index (χ2n) is 7.99. The first-order valence-electron chi connectivity index (χ1n) is 10.4. The molecule has 1 atom stereocenters. The van der Waals surface area contributed by atoms with Crippen molar-refractivity contribution in [1.29, 1.82) is 0 Å². The summed E-state index contributed by atoms with van der Waals surface area (Å²) >= 11 is 0. The summed E-state index contributed by atoms with van der Waals surface area (Å²) in [6, 6.07) is 16.1. The maximum atomic E-state index is 13.6. The molecule has 2 aromatic rings. The zero-order valence-corrected chi connectivity index (χ0v) is 17.8. The van der Waals surface area contributed by atoms with E-state index in [2.05, 4.69) is 10.6 Å². The summed E-state index contributed by atoms with van der Waals surface area (Å²) in [7, 11) is 0. The molecule has 1 aliphatic carbocycles. The van der Waals surface area contributed by atoms with Crippen molar-refractivity contribution in [1.82, 2.24) is 5.32 Å². The topological polar surface area (TPSA) is 78.5 Å². The highest BCUT2D eigenvalue weighted by molar-refractivity contribution is 6.10. The average Bonchev–Trinajstić information content (AvgIpc) is 3.21. The predicted molar refractivity (Wildman–Crippen MR) is 118 cm³/mol. The number of para-hydroxylation sites is 1. The minimum Gasteiger partial charge on any atom is -0.345 e. The van der Waals surface area contributed by atoms with Crippen LogP contribution in [-0.2, 0) is 14.4 Å². The first-order chi connectivity index (χ1) is 14.3. The van der Waals surface area contributed by atoms with Gasteiger partial charge in [-0.2, -0.15) is 0 Å². The lowest BCUT2D eigenvalue weighted by molar-refractivity contribution is -0.129. The van der Waals surface area contributed by atoms with E-state index >= 15 is 0 Å². The molecule has 6 heteroatoms. The maximum Gasteiger partial charge on any atom is 0.250 e. The van der Waals surface area contributed by atoms with Crippen LogP contribution in [0.25, 0.3) is 0 Å². The van der Waals surface area contributed by atoms with Gasteiger partial charge in [-0.3, -0.25) is 19.3 Å². The second kappa shape index (κ2) is 9.11. The highest BCUT2D eigenvalue weighted by Gasteiger charge is 2.50. The molecule has 6 nitrogen and oxygen atoms in total. The van der Waals surface area contributed by atoms with Gasteiger partial charge in [-0.15, -0.1) is 0 Å². The molecular weight excluding hydrogens is 378 g/mol. The van der Waals surface area contributed by atoms with Crippen molar-refractivity contribution in [2.45, 2.75) is 58.0 Å². The Balaban J connectivity index is 2.00. The lowest BCUT2D eigenvalue weighted by atomic mass is 9.91. The van der Waals surface area contributed by atoms with Gasteiger partial charge in [-0.1, -0.05) is 48.7 Å². The summed E-state index contributed by atoms with van der Waals surface area (Å²) in [5, 5.41) is 5.68. The number of benzene rings is 2. The normalized spacial score (nSPS) is 15.8. The Hall–Kier alpha value is -3.15. The van der Waals surface area contributed by atoms with Crippen molar-refractivity contribution in [3.8, 4) is 0 Å². The molecule has 1 aliphatic rings. The molecule has 0 heterocycles. The van der Waals surface area contributed by atoms with Crippen LogP contribution in [0, 0.1) is 6.92 Å². The van der Waals surface area contributed by atoms with Gasteiger partial charge >= 0.3 is 0 Å². The Morgan fingerprint density at radius 2 is 1.57 bits per heavy atom. The van der Waals surface area contributed by atoms with Crippen molar-refractivity contribution < 1.29 is 14.4 Å². The first kappa shape index (κ1) is 21.6. The Morgan fingerprint density at radius 3 is 2.13 bits per heavy atom. The fraction of sp³-hybridized carbons (Fsp3) is 0.375. The second-order valence-corrected chi connectivity index (χ2v) is 7.99. The number of carbonyl (C=O) groups excluding carboxylic acids is 3. The van der Waals surface area contributed by atoms with E-state index < -0.39 is 11.6 Å². The van der Waals surface area contributed by atoms with Crippen molar-refractivity contribution >= 4 is 29.1 Å². The highest BCUT2D eigenvalue weighted by atomic mass is 16.2. The quantitative estimate of drug-likeness (QED) is 0.764. The lowest BCUT2D eigenvalue weighted by Crippen LogP contribution is -2.61. The fourth-order valence-corrected chi connectivity index (χ4v) is 4.12. The van der Waals surface area contributed by atoms with E-state index in [0.29, 0.717) is 24.2 Å². The lowest BCUT2D eigenvalue weighted by Gasteiger charge is -2.41. The zero-order chi connectivity index (χ0) is 21.7. The molecule has 0 aromatic heterocycles. The molecule has 2 aromatic carbocycles. The van der Waals surface area contributed by atoms with Crippen molar-refractivity contribution in [3.63, 3.8) is 0 Å². The summed E-state index contributed by atoms with van der Waals surface area (Å²) in [6.45, 7) is 5.02. The van der Waals surface area contributed by atoms with E-state index in [0.717, 1.165) is 18.4 Å². The van der Waals surface area contributed by atoms with E-state index in [9.17, 15) is 14.4 Å². The molecule has 2 N–H and O–H groups in total. The Kier molecular flexibility index (Phi) is 6.55. The largest absolute Gasteiger partial charge is 0.345 e. The summed E-state index contributed by atoms with van der Waals surface area (Å²) in [4.78, 5) is 40.3. The van der Waals surface area contributed by atoms with Crippen molar-refractivity contribution in [2.75, 3.05) is 10.2 Å². The van der Waals surface area contributed by atoms with Crippen LogP contribution in [-0.4, -0.2) is 29.3 Å². The number of rotatable bonds is 6. The van der Waals surface area contributed by atoms with E-state index in [-0.39, 0.29) is 17.7 Å². The molecule has 0 saturated heterocycles. The van der Waals surface area contributed by atoms with Gasteiger partial charge in [-0.05, 0) is 51.0 Å². The molecule has 30 heavy (non-hydrogen) atoms. The van der Waals surface area contributed by atoms with Crippen molar-refractivity contribution in [2.24, 2.45) is 0 Å². The molecule has 3 rings (SSSR count). The van der Waals surface area contributed by atoms with Gasteiger partial charge in [0.15, 0.2) is 0 Å². The molecule has 0 radical (unpaired) electrons. The highest BCUT2D eigenvalue weighted by Crippen LogP contribution is 2.40. The third-order valence-electron chi connectivity index (χ3n) is 5.62.